The molecule has 0 radical (unpaired) electrons. The van der Waals surface area contributed by atoms with Gasteiger partial charge in [0.2, 0.25) is 0 Å². The maximum absolute atomic E-state index is 10.5. The first-order valence-electron chi connectivity index (χ1n) is 5.41. The molecule has 0 heterocycles. The summed E-state index contributed by atoms with van der Waals surface area (Å²) in [5.41, 5.74) is 5.76. The van der Waals surface area contributed by atoms with E-state index in [1.165, 1.54) is 22.8 Å². The van der Waals surface area contributed by atoms with Gasteiger partial charge >= 0.3 is 5.97 Å². The Morgan fingerprint density at radius 2 is 1.65 bits per heavy atom. The first kappa shape index (κ1) is 9.85. The van der Waals surface area contributed by atoms with Crippen LogP contribution in [0.25, 0.3) is 28.3 Å². The molecule has 1 aliphatic rings. The lowest BCUT2D eigenvalue weighted by Gasteiger charge is -2.25. The Kier molecular flexibility index (Phi) is 2.08. The Labute approximate surface area is 98.8 Å². The molecule has 0 unspecified atom stereocenters. The van der Waals surface area contributed by atoms with Crippen LogP contribution in [0.1, 0.15) is 5.56 Å². The minimum absolute atomic E-state index is 0.921. The summed E-state index contributed by atoms with van der Waals surface area (Å²) in [7, 11) is 0. The second kappa shape index (κ2) is 3.59. The molecule has 1 N–H and O–H groups in total. The summed E-state index contributed by atoms with van der Waals surface area (Å²) in [6.45, 7) is 0. The highest BCUT2D eigenvalue weighted by Crippen LogP contribution is 2.48. The molecule has 0 spiro atoms. The van der Waals surface area contributed by atoms with Gasteiger partial charge in [-0.2, -0.15) is 0 Å². The predicted molar refractivity (Wildman–Crippen MR) is 67.5 cm³/mol. The molecule has 2 aromatic rings. The normalized spacial score (nSPS) is 11.8. The molecular weight excluding hydrogens is 212 g/mol. The average molecular weight is 222 g/mol. The average Bonchev–Trinajstić information content (AvgIpc) is 2.33. The molecule has 2 aromatic carbocycles. The summed E-state index contributed by atoms with van der Waals surface area (Å²) in [4.78, 5) is 10.5. The SMILES string of the molecule is O=C(O)/C=C/c1cccc2c1-c1ccccc1-2. The number of benzene rings is 2. The lowest BCUT2D eigenvalue weighted by Crippen LogP contribution is -2.00. The van der Waals surface area contributed by atoms with Crippen molar-refractivity contribution >= 4 is 12.0 Å². The van der Waals surface area contributed by atoms with Crippen molar-refractivity contribution in [1.29, 1.82) is 0 Å². The Balaban J connectivity index is 2.12. The third-order valence-electron chi connectivity index (χ3n) is 2.99. The van der Waals surface area contributed by atoms with Gasteiger partial charge in [-0.15, -0.1) is 0 Å². The van der Waals surface area contributed by atoms with Gasteiger partial charge in [0.1, 0.15) is 0 Å². The fourth-order valence-electron chi connectivity index (χ4n) is 2.27. The van der Waals surface area contributed by atoms with Crippen LogP contribution in [0.2, 0.25) is 0 Å². The van der Waals surface area contributed by atoms with E-state index < -0.39 is 5.97 Å². The number of carboxylic acid groups (broad SMARTS) is 1. The third kappa shape index (κ3) is 1.46. The zero-order chi connectivity index (χ0) is 11.8. The summed E-state index contributed by atoms with van der Waals surface area (Å²) >= 11 is 0. The van der Waals surface area contributed by atoms with E-state index in [1.54, 1.807) is 6.08 Å². The molecular formula is C15H10O2. The van der Waals surface area contributed by atoms with Crippen molar-refractivity contribution in [1.82, 2.24) is 0 Å². The molecule has 3 rings (SSSR count). The number of rotatable bonds is 2. The van der Waals surface area contributed by atoms with Crippen molar-refractivity contribution in [3.63, 3.8) is 0 Å². The summed E-state index contributed by atoms with van der Waals surface area (Å²) < 4.78 is 0. The molecule has 2 nitrogen and oxygen atoms in total. The van der Waals surface area contributed by atoms with Crippen molar-refractivity contribution in [2.24, 2.45) is 0 Å². The van der Waals surface area contributed by atoms with Crippen molar-refractivity contribution in [2.75, 3.05) is 0 Å². The van der Waals surface area contributed by atoms with E-state index in [0.29, 0.717) is 0 Å². The Morgan fingerprint density at radius 1 is 0.941 bits per heavy atom. The van der Waals surface area contributed by atoms with Crippen LogP contribution in [0.15, 0.2) is 48.5 Å². The van der Waals surface area contributed by atoms with Gasteiger partial charge in [0.05, 0.1) is 0 Å². The molecule has 0 fully saturated rings. The molecule has 0 amide bonds. The molecule has 0 aliphatic heterocycles. The largest absolute Gasteiger partial charge is 0.478 e. The molecule has 82 valence electrons. The van der Waals surface area contributed by atoms with Crippen molar-refractivity contribution < 1.29 is 9.90 Å². The standard InChI is InChI=1S/C15H10O2/c16-14(17)9-8-10-4-3-7-13-11-5-1-2-6-12(11)15(10)13/h1-9H,(H,16,17)/b9-8+. The van der Waals surface area contributed by atoms with Crippen LogP contribution in [0.4, 0.5) is 0 Å². The first-order chi connectivity index (χ1) is 8.27. The Hall–Kier alpha value is -2.35. The smallest absolute Gasteiger partial charge is 0.328 e. The minimum atomic E-state index is -0.921. The topological polar surface area (TPSA) is 37.3 Å². The molecule has 0 atom stereocenters. The molecule has 0 saturated heterocycles. The number of fused-ring (bicyclic) bond motifs is 4. The number of aliphatic carboxylic acids is 1. The summed E-state index contributed by atoms with van der Waals surface area (Å²) in [5.74, 6) is -0.921. The molecule has 0 aromatic heterocycles. The van der Waals surface area contributed by atoms with E-state index in [1.807, 2.05) is 24.3 Å². The number of carboxylic acids is 1. The monoisotopic (exact) mass is 222 g/mol. The van der Waals surface area contributed by atoms with Crippen LogP contribution >= 0.6 is 0 Å². The Bertz CT molecular complexity index is 639. The first-order valence-corrected chi connectivity index (χ1v) is 5.41. The van der Waals surface area contributed by atoms with Crippen LogP contribution in [-0.4, -0.2) is 11.1 Å². The van der Waals surface area contributed by atoms with Gasteiger partial charge < -0.3 is 5.11 Å². The van der Waals surface area contributed by atoms with Crippen molar-refractivity contribution in [3.05, 3.63) is 54.1 Å². The maximum atomic E-state index is 10.5. The second-order valence-corrected chi connectivity index (χ2v) is 3.99. The van der Waals surface area contributed by atoms with Gasteiger partial charge in [-0.1, -0.05) is 42.5 Å². The van der Waals surface area contributed by atoms with Crippen molar-refractivity contribution in [2.45, 2.75) is 0 Å². The van der Waals surface area contributed by atoms with Crippen LogP contribution in [0.3, 0.4) is 0 Å². The minimum Gasteiger partial charge on any atom is -0.478 e. The lowest BCUT2D eigenvalue weighted by atomic mass is 9.78. The van der Waals surface area contributed by atoms with Gasteiger partial charge in [-0.3, -0.25) is 0 Å². The number of carbonyl (C=O) groups is 1. The summed E-state index contributed by atoms with van der Waals surface area (Å²) in [5, 5.41) is 8.66. The molecule has 17 heavy (non-hydrogen) atoms. The van der Waals surface area contributed by atoms with Crippen LogP contribution in [0.5, 0.6) is 0 Å². The highest BCUT2D eigenvalue weighted by atomic mass is 16.4. The highest BCUT2D eigenvalue weighted by Gasteiger charge is 2.23. The zero-order valence-corrected chi connectivity index (χ0v) is 9.05. The van der Waals surface area contributed by atoms with Crippen LogP contribution < -0.4 is 0 Å². The van der Waals surface area contributed by atoms with E-state index in [2.05, 4.69) is 18.2 Å². The number of hydrogen-bond acceptors (Lipinski definition) is 1. The van der Waals surface area contributed by atoms with Crippen molar-refractivity contribution in [3.8, 4) is 22.3 Å². The van der Waals surface area contributed by atoms with Crippen LogP contribution in [0, 0.1) is 0 Å². The zero-order valence-electron chi connectivity index (χ0n) is 9.05. The molecule has 2 heteroatoms. The van der Waals surface area contributed by atoms with E-state index in [0.717, 1.165) is 11.1 Å². The predicted octanol–water partition coefficient (Wildman–Crippen LogP) is 3.43. The van der Waals surface area contributed by atoms with Crippen LogP contribution in [-0.2, 0) is 4.79 Å². The number of hydrogen-bond donors (Lipinski definition) is 1. The summed E-state index contributed by atoms with van der Waals surface area (Å²) in [6, 6.07) is 14.1. The highest BCUT2D eigenvalue weighted by molar-refractivity contribution is 6.06. The quantitative estimate of drug-likeness (QED) is 0.674. The van der Waals surface area contributed by atoms with Gasteiger partial charge in [-0.05, 0) is 33.9 Å². The van der Waals surface area contributed by atoms with Gasteiger partial charge in [0.25, 0.3) is 0 Å². The molecule has 1 aliphatic carbocycles. The maximum Gasteiger partial charge on any atom is 0.328 e. The Morgan fingerprint density at radius 3 is 2.41 bits per heavy atom. The fourth-order valence-corrected chi connectivity index (χ4v) is 2.27. The summed E-state index contributed by atoms with van der Waals surface area (Å²) in [6.07, 6.45) is 2.83. The van der Waals surface area contributed by atoms with E-state index in [9.17, 15) is 4.79 Å². The fraction of sp³-hybridized carbons (Fsp3) is 0. The van der Waals surface area contributed by atoms with E-state index in [-0.39, 0.29) is 0 Å². The van der Waals surface area contributed by atoms with Gasteiger partial charge in [-0.25, -0.2) is 4.79 Å². The molecule has 0 saturated carbocycles. The lowest BCUT2D eigenvalue weighted by molar-refractivity contribution is -0.131. The molecule has 0 bridgehead atoms. The van der Waals surface area contributed by atoms with E-state index in [4.69, 9.17) is 5.11 Å². The van der Waals surface area contributed by atoms with Gasteiger partial charge in [0.15, 0.2) is 0 Å². The van der Waals surface area contributed by atoms with E-state index >= 15 is 0 Å². The third-order valence-corrected chi connectivity index (χ3v) is 2.99. The van der Waals surface area contributed by atoms with Gasteiger partial charge in [0, 0.05) is 6.08 Å². The second-order valence-electron chi connectivity index (χ2n) is 3.99.